The number of methoxy groups -OCH3 is 1. The van der Waals surface area contributed by atoms with Gasteiger partial charge in [-0.1, -0.05) is 18.6 Å². The first kappa shape index (κ1) is 15.2. The molecule has 0 aromatic heterocycles. The predicted molar refractivity (Wildman–Crippen MR) is 79.1 cm³/mol. The van der Waals surface area contributed by atoms with E-state index >= 15 is 0 Å². The monoisotopic (exact) mass is 294 g/mol. The quantitative estimate of drug-likeness (QED) is 0.577. The van der Waals surface area contributed by atoms with Gasteiger partial charge in [0.2, 0.25) is 0 Å². The van der Waals surface area contributed by atoms with Crippen molar-refractivity contribution >= 4 is 5.78 Å². The lowest BCUT2D eigenvalue weighted by Crippen LogP contribution is -2.58. The van der Waals surface area contributed by atoms with Gasteiger partial charge in [-0.3, -0.25) is 4.79 Å². The number of carbonyl (C=O) groups is 1. The van der Waals surface area contributed by atoms with Crippen LogP contribution in [0.4, 0.5) is 0 Å². The largest absolute Gasteiger partial charge is 0.373 e. The number of rotatable bonds is 5. The van der Waals surface area contributed by atoms with E-state index in [0.29, 0.717) is 13.2 Å². The van der Waals surface area contributed by atoms with Crippen LogP contribution in [0.5, 0.6) is 0 Å². The smallest absolute Gasteiger partial charge is 0.164 e. The maximum atomic E-state index is 12.5. The second-order valence-electron chi connectivity index (χ2n) is 7.27. The molecule has 3 aliphatic rings. The molecule has 0 radical (unpaired) electrons. The van der Waals surface area contributed by atoms with Crippen LogP contribution >= 0.6 is 0 Å². The highest BCUT2D eigenvalue weighted by molar-refractivity contribution is 5.87. The average Bonchev–Trinajstić information content (AvgIpc) is 3.31. The van der Waals surface area contributed by atoms with Gasteiger partial charge >= 0.3 is 0 Å². The van der Waals surface area contributed by atoms with Crippen LogP contribution in [0.3, 0.4) is 0 Å². The summed E-state index contributed by atoms with van der Waals surface area (Å²) in [5, 5.41) is 0. The second-order valence-corrected chi connectivity index (χ2v) is 7.27. The Labute approximate surface area is 126 Å². The van der Waals surface area contributed by atoms with Gasteiger partial charge in [0.25, 0.3) is 0 Å². The summed E-state index contributed by atoms with van der Waals surface area (Å²) >= 11 is 0. The van der Waals surface area contributed by atoms with Gasteiger partial charge in [0, 0.05) is 13.0 Å². The summed E-state index contributed by atoms with van der Waals surface area (Å²) in [6.45, 7) is 7.40. The molecule has 118 valence electrons. The fourth-order valence-electron chi connectivity index (χ4n) is 3.85. The summed E-state index contributed by atoms with van der Waals surface area (Å²) in [6.07, 6.45) is 4.93. The van der Waals surface area contributed by atoms with E-state index in [4.69, 9.17) is 14.2 Å². The molecule has 1 saturated heterocycles. The van der Waals surface area contributed by atoms with Gasteiger partial charge in [-0.15, -0.1) is 0 Å². The zero-order valence-electron chi connectivity index (χ0n) is 13.5. The van der Waals surface area contributed by atoms with Crippen LogP contribution in [0, 0.1) is 11.8 Å². The Balaban J connectivity index is 1.78. The lowest BCUT2D eigenvalue weighted by molar-refractivity contribution is -0.167. The number of epoxide rings is 1. The fourth-order valence-corrected chi connectivity index (χ4v) is 3.85. The first-order chi connectivity index (χ1) is 9.89. The van der Waals surface area contributed by atoms with E-state index in [1.165, 1.54) is 18.4 Å². The van der Waals surface area contributed by atoms with Crippen molar-refractivity contribution in [3.8, 4) is 0 Å². The highest BCUT2D eigenvalue weighted by Gasteiger charge is 2.65. The van der Waals surface area contributed by atoms with Crippen molar-refractivity contribution in [3.05, 3.63) is 11.6 Å². The first-order valence-corrected chi connectivity index (χ1v) is 7.92. The molecule has 4 nitrogen and oxygen atoms in total. The molecule has 1 aliphatic heterocycles. The van der Waals surface area contributed by atoms with Gasteiger partial charge in [-0.05, 0) is 33.1 Å². The number of hydrogen-bond acceptors (Lipinski definition) is 4. The number of Topliss-reactive ketones (excluding diaryl/α,β-unsaturated/α-hetero) is 1. The van der Waals surface area contributed by atoms with Crippen molar-refractivity contribution in [2.24, 2.45) is 11.8 Å². The number of ketones is 1. The summed E-state index contributed by atoms with van der Waals surface area (Å²) in [5.74, 6) is 0.134. The molecule has 1 heterocycles. The lowest BCUT2D eigenvalue weighted by atomic mass is 9.65. The molecular weight excluding hydrogens is 268 g/mol. The molecule has 1 spiro atoms. The number of hydrogen-bond donors (Lipinski definition) is 0. The van der Waals surface area contributed by atoms with Crippen LogP contribution in [0.15, 0.2) is 11.6 Å². The van der Waals surface area contributed by atoms with E-state index in [-0.39, 0.29) is 23.2 Å². The van der Waals surface area contributed by atoms with Crippen LogP contribution in [0.2, 0.25) is 0 Å². The average molecular weight is 294 g/mol. The standard InChI is InChI=1S/C17H26O4/c1-11-9-17(10-21-17)15(14(19-4)13(11)18)16(2,3)20-8-7-12-5-6-12/h7,11,14-15H,5-6,8-10H2,1-4H3. The van der Waals surface area contributed by atoms with E-state index in [1.807, 2.05) is 6.92 Å². The molecule has 4 atom stereocenters. The fraction of sp³-hybridized carbons (Fsp3) is 0.824. The Morgan fingerprint density at radius 3 is 2.62 bits per heavy atom. The zero-order valence-corrected chi connectivity index (χ0v) is 13.5. The van der Waals surface area contributed by atoms with Gasteiger partial charge in [0.05, 0.1) is 24.7 Å². The van der Waals surface area contributed by atoms with Crippen molar-refractivity contribution in [2.75, 3.05) is 20.3 Å². The normalized spacial score (nSPS) is 38.8. The maximum absolute atomic E-state index is 12.5. The lowest BCUT2D eigenvalue weighted by Gasteiger charge is -2.45. The molecule has 2 aliphatic carbocycles. The van der Waals surface area contributed by atoms with E-state index in [1.54, 1.807) is 7.11 Å². The summed E-state index contributed by atoms with van der Waals surface area (Å²) in [5.41, 5.74) is 0.795. The molecule has 4 heteroatoms. The predicted octanol–water partition coefficient (Wildman–Crippen LogP) is 2.51. The first-order valence-electron chi connectivity index (χ1n) is 7.92. The molecule has 21 heavy (non-hydrogen) atoms. The second kappa shape index (κ2) is 5.18. The molecule has 3 rings (SSSR count). The van der Waals surface area contributed by atoms with Crippen molar-refractivity contribution in [1.29, 1.82) is 0 Å². The Kier molecular flexibility index (Phi) is 3.75. The third kappa shape index (κ3) is 2.81. The molecule has 0 aromatic rings. The van der Waals surface area contributed by atoms with Crippen LogP contribution < -0.4 is 0 Å². The summed E-state index contributed by atoms with van der Waals surface area (Å²) in [7, 11) is 1.62. The zero-order chi connectivity index (χ0) is 15.3. The minimum absolute atomic E-state index is 0.00178. The van der Waals surface area contributed by atoms with E-state index in [9.17, 15) is 4.79 Å². The number of ether oxygens (including phenoxy) is 3. The minimum atomic E-state index is -0.446. The van der Waals surface area contributed by atoms with Crippen molar-refractivity contribution in [1.82, 2.24) is 0 Å². The van der Waals surface area contributed by atoms with E-state index in [2.05, 4.69) is 19.9 Å². The number of carbonyl (C=O) groups excluding carboxylic acids is 1. The number of allylic oxidation sites excluding steroid dienone is 1. The minimum Gasteiger partial charge on any atom is -0.373 e. The Hall–Kier alpha value is -0.710. The van der Waals surface area contributed by atoms with Gasteiger partial charge in [-0.25, -0.2) is 0 Å². The Bertz CT molecular complexity index is 455. The third-order valence-electron chi connectivity index (χ3n) is 5.17. The van der Waals surface area contributed by atoms with Gasteiger partial charge < -0.3 is 14.2 Å². The highest BCUT2D eigenvalue weighted by atomic mass is 16.6. The SMILES string of the molecule is COC1C(=O)C(C)CC2(CO2)C1C(C)(C)OCC=C1CC1. The Morgan fingerprint density at radius 2 is 2.10 bits per heavy atom. The summed E-state index contributed by atoms with van der Waals surface area (Å²) in [4.78, 5) is 12.5. The molecule has 0 N–H and O–H groups in total. The van der Waals surface area contributed by atoms with Crippen LogP contribution in [-0.2, 0) is 19.0 Å². The molecule has 0 bridgehead atoms. The Morgan fingerprint density at radius 1 is 1.43 bits per heavy atom. The van der Waals surface area contributed by atoms with E-state index < -0.39 is 11.7 Å². The molecule has 0 aromatic carbocycles. The van der Waals surface area contributed by atoms with Crippen molar-refractivity contribution in [2.45, 2.75) is 57.3 Å². The third-order valence-corrected chi connectivity index (χ3v) is 5.17. The summed E-state index contributed by atoms with van der Waals surface area (Å²) < 4.78 is 17.5. The van der Waals surface area contributed by atoms with E-state index in [0.717, 1.165) is 6.42 Å². The van der Waals surface area contributed by atoms with Gasteiger partial charge in [0.15, 0.2) is 5.78 Å². The van der Waals surface area contributed by atoms with Crippen LogP contribution in [-0.4, -0.2) is 43.4 Å². The topological polar surface area (TPSA) is 48.1 Å². The molecule has 3 fully saturated rings. The van der Waals surface area contributed by atoms with Crippen molar-refractivity contribution in [3.63, 3.8) is 0 Å². The molecule has 0 amide bonds. The van der Waals surface area contributed by atoms with Gasteiger partial charge in [0.1, 0.15) is 11.7 Å². The van der Waals surface area contributed by atoms with Crippen LogP contribution in [0.1, 0.15) is 40.0 Å². The summed E-state index contributed by atoms with van der Waals surface area (Å²) in [6, 6.07) is 0. The van der Waals surface area contributed by atoms with Gasteiger partial charge in [-0.2, -0.15) is 0 Å². The van der Waals surface area contributed by atoms with Crippen LogP contribution in [0.25, 0.3) is 0 Å². The van der Waals surface area contributed by atoms with Crippen molar-refractivity contribution < 1.29 is 19.0 Å². The maximum Gasteiger partial charge on any atom is 0.164 e. The molecule has 2 saturated carbocycles. The molecular formula is C17H26O4. The molecule has 4 unspecified atom stereocenters. The highest BCUT2D eigenvalue weighted by Crippen LogP contribution is 2.52.